The van der Waals surface area contributed by atoms with Crippen molar-refractivity contribution >= 4 is 29.0 Å². The maximum atomic E-state index is 12.9. The van der Waals surface area contributed by atoms with Gasteiger partial charge in [0.15, 0.2) is 0 Å². The highest BCUT2D eigenvalue weighted by Gasteiger charge is 2.37. The molecule has 2 heterocycles. The number of carbonyl (C=O) groups is 1. The highest BCUT2D eigenvalue weighted by atomic mass is 35.5. The van der Waals surface area contributed by atoms with Crippen molar-refractivity contribution in [2.75, 3.05) is 19.5 Å². The molecule has 8 nitrogen and oxygen atoms in total. The number of benzene rings is 1. The molecule has 1 aromatic carbocycles. The Morgan fingerprint density at radius 1 is 1.16 bits per heavy atom. The molecule has 31 heavy (non-hydrogen) atoms. The number of anilines is 1. The topological polar surface area (TPSA) is 90.6 Å². The number of ether oxygens (including phenoxy) is 2. The van der Waals surface area contributed by atoms with E-state index in [0.29, 0.717) is 39.2 Å². The number of hydrogen-bond donors (Lipinski definition) is 1. The van der Waals surface area contributed by atoms with Crippen molar-refractivity contribution in [1.82, 2.24) is 19.6 Å². The zero-order chi connectivity index (χ0) is 22.9. The molecule has 0 spiro atoms. The van der Waals surface area contributed by atoms with Gasteiger partial charge < -0.3 is 14.8 Å². The average molecular weight is 458 g/mol. The van der Waals surface area contributed by atoms with Crippen LogP contribution in [0.15, 0.2) is 12.1 Å². The molecular weight excluding hydrogens is 439 g/mol. The molecule has 3 rings (SSSR count). The van der Waals surface area contributed by atoms with Crippen LogP contribution >= 0.6 is 11.6 Å². The summed E-state index contributed by atoms with van der Waals surface area (Å²) in [5.74, 6) is -1.02. The zero-order valence-corrected chi connectivity index (χ0v) is 17.9. The second kappa shape index (κ2) is 8.58. The van der Waals surface area contributed by atoms with E-state index in [-0.39, 0.29) is 24.5 Å². The molecule has 0 saturated carbocycles. The third-order valence-electron chi connectivity index (χ3n) is 4.65. The number of hydrogen-bond acceptors (Lipinski definition) is 6. The molecule has 0 aliphatic heterocycles. The van der Waals surface area contributed by atoms with E-state index in [1.54, 1.807) is 13.8 Å². The van der Waals surface area contributed by atoms with E-state index in [4.69, 9.17) is 21.1 Å². The molecule has 166 valence electrons. The lowest BCUT2D eigenvalue weighted by Crippen LogP contribution is -2.15. The van der Waals surface area contributed by atoms with E-state index >= 15 is 0 Å². The lowest BCUT2D eigenvalue weighted by atomic mass is 10.1. The second-order valence-electron chi connectivity index (χ2n) is 6.64. The molecule has 0 bridgehead atoms. The van der Waals surface area contributed by atoms with Crippen molar-refractivity contribution in [1.29, 1.82) is 0 Å². The molecule has 12 heteroatoms. The van der Waals surface area contributed by atoms with Crippen LogP contribution in [0.25, 0.3) is 5.78 Å². The number of rotatable bonds is 6. The van der Waals surface area contributed by atoms with Crippen LogP contribution in [0.3, 0.4) is 0 Å². The first-order valence-corrected chi connectivity index (χ1v) is 9.44. The fraction of sp³-hybridized carbons (Fsp3) is 0.368. The van der Waals surface area contributed by atoms with Crippen LogP contribution in [0.2, 0.25) is 5.02 Å². The summed E-state index contributed by atoms with van der Waals surface area (Å²) < 4.78 is 50.2. The number of aromatic nitrogens is 4. The second-order valence-corrected chi connectivity index (χ2v) is 7.05. The van der Waals surface area contributed by atoms with Gasteiger partial charge in [0.2, 0.25) is 5.91 Å². The molecule has 3 aromatic rings. The first kappa shape index (κ1) is 22.6. The van der Waals surface area contributed by atoms with Gasteiger partial charge in [-0.05, 0) is 25.8 Å². The van der Waals surface area contributed by atoms with Crippen LogP contribution in [0, 0.1) is 13.8 Å². The summed E-state index contributed by atoms with van der Waals surface area (Å²) in [6.07, 6.45) is -4.39. The van der Waals surface area contributed by atoms with E-state index in [2.05, 4.69) is 20.4 Å². The van der Waals surface area contributed by atoms with Crippen LogP contribution in [-0.4, -0.2) is 39.7 Å². The molecule has 0 saturated heterocycles. The molecule has 1 amide bonds. The molecule has 0 atom stereocenters. The van der Waals surface area contributed by atoms with E-state index in [0.717, 1.165) is 4.52 Å². The summed E-state index contributed by atoms with van der Waals surface area (Å²) in [7, 11) is 2.89. The van der Waals surface area contributed by atoms with Gasteiger partial charge in [0.05, 0.1) is 24.9 Å². The minimum atomic E-state index is -4.67. The summed E-state index contributed by atoms with van der Waals surface area (Å²) in [4.78, 5) is 20.1. The first-order valence-electron chi connectivity index (χ1n) is 9.06. The Morgan fingerprint density at radius 2 is 1.84 bits per heavy atom. The Hall–Kier alpha value is -3.08. The summed E-state index contributed by atoms with van der Waals surface area (Å²) in [5.41, 5.74) is 1.90. The van der Waals surface area contributed by atoms with Gasteiger partial charge in [0.25, 0.3) is 11.6 Å². The van der Waals surface area contributed by atoms with Crippen LogP contribution in [0.1, 0.15) is 29.2 Å². The Balaban J connectivity index is 1.80. The molecule has 0 aliphatic rings. The first-order chi connectivity index (χ1) is 14.5. The summed E-state index contributed by atoms with van der Waals surface area (Å²) in [5, 5.41) is 6.56. The molecule has 0 fully saturated rings. The molecule has 2 aromatic heterocycles. The fourth-order valence-electron chi connectivity index (χ4n) is 3.10. The highest BCUT2D eigenvalue weighted by molar-refractivity contribution is 6.32. The largest absolute Gasteiger partial charge is 0.495 e. The average Bonchev–Trinajstić information content (AvgIpc) is 3.13. The summed E-state index contributed by atoms with van der Waals surface area (Å²) in [6, 6.07) is 3.06. The number of methoxy groups -OCH3 is 2. The lowest BCUT2D eigenvalue weighted by molar-refractivity contribution is -0.144. The molecule has 0 unspecified atom stereocenters. The Kier molecular flexibility index (Phi) is 6.25. The fourth-order valence-corrected chi connectivity index (χ4v) is 3.33. The van der Waals surface area contributed by atoms with Gasteiger partial charge in [-0.1, -0.05) is 11.6 Å². The van der Waals surface area contributed by atoms with Gasteiger partial charge in [-0.2, -0.15) is 18.2 Å². The van der Waals surface area contributed by atoms with Crippen molar-refractivity contribution in [3.8, 4) is 11.5 Å². The molecule has 0 aliphatic carbocycles. The quantitative estimate of drug-likeness (QED) is 0.601. The Labute approximate surface area is 180 Å². The van der Waals surface area contributed by atoms with E-state index in [1.165, 1.54) is 26.4 Å². The Bertz CT molecular complexity index is 1150. The third-order valence-corrected chi connectivity index (χ3v) is 4.95. The van der Waals surface area contributed by atoms with Crippen LogP contribution in [0.5, 0.6) is 11.5 Å². The lowest BCUT2D eigenvalue weighted by Gasteiger charge is -2.14. The molecule has 0 radical (unpaired) electrons. The number of fused-ring (bicyclic) bond motifs is 1. The minimum absolute atomic E-state index is 0.0454. The van der Waals surface area contributed by atoms with E-state index < -0.39 is 12.0 Å². The van der Waals surface area contributed by atoms with Gasteiger partial charge in [-0.3, -0.25) is 4.79 Å². The van der Waals surface area contributed by atoms with Gasteiger partial charge in [-0.25, -0.2) is 9.50 Å². The summed E-state index contributed by atoms with van der Waals surface area (Å²) >= 11 is 6.06. The monoisotopic (exact) mass is 457 g/mol. The van der Waals surface area contributed by atoms with Crippen molar-refractivity contribution in [3.05, 3.63) is 39.9 Å². The van der Waals surface area contributed by atoms with Gasteiger partial charge in [-0.15, -0.1) is 5.10 Å². The minimum Gasteiger partial charge on any atom is -0.495 e. The number of nitrogens with zero attached hydrogens (tertiary/aromatic N) is 4. The SMILES string of the molecule is COc1cc(NC(=O)CCc2c(C)nc3nc(C(F)(F)F)nn3c2C)c(OC)cc1Cl. The van der Waals surface area contributed by atoms with Crippen molar-refractivity contribution < 1.29 is 27.4 Å². The van der Waals surface area contributed by atoms with E-state index in [1.807, 2.05) is 0 Å². The van der Waals surface area contributed by atoms with Crippen LogP contribution < -0.4 is 14.8 Å². The zero-order valence-electron chi connectivity index (χ0n) is 17.1. The molecular formula is C19H19ClF3N5O3. The smallest absolute Gasteiger partial charge is 0.453 e. The Morgan fingerprint density at radius 3 is 2.45 bits per heavy atom. The number of nitrogens with one attached hydrogen (secondary N) is 1. The molecule has 1 N–H and O–H groups in total. The highest BCUT2D eigenvalue weighted by Crippen LogP contribution is 2.36. The van der Waals surface area contributed by atoms with Crippen LogP contribution in [0.4, 0.5) is 18.9 Å². The number of carbonyl (C=O) groups excluding carboxylic acids is 1. The van der Waals surface area contributed by atoms with Gasteiger partial charge in [0.1, 0.15) is 11.5 Å². The van der Waals surface area contributed by atoms with E-state index in [9.17, 15) is 18.0 Å². The standard InChI is InChI=1S/C19H19ClF3N5O3/c1-9-11(10(2)28-18(24-9)26-17(27-28)19(21,22)23)5-6-16(29)25-13-8-14(30-3)12(20)7-15(13)31-4/h7-8H,5-6H2,1-4H3,(H,25,29). The number of amides is 1. The summed E-state index contributed by atoms with van der Waals surface area (Å²) in [6.45, 7) is 3.26. The maximum absolute atomic E-state index is 12.9. The van der Waals surface area contributed by atoms with Crippen molar-refractivity contribution in [2.45, 2.75) is 32.9 Å². The van der Waals surface area contributed by atoms with Gasteiger partial charge in [0, 0.05) is 29.9 Å². The normalized spacial score (nSPS) is 11.6. The van der Waals surface area contributed by atoms with Crippen molar-refractivity contribution in [2.24, 2.45) is 0 Å². The predicted octanol–water partition coefficient (Wildman–Crippen LogP) is 4.00. The predicted molar refractivity (Wildman–Crippen MR) is 107 cm³/mol. The van der Waals surface area contributed by atoms with Crippen molar-refractivity contribution in [3.63, 3.8) is 0 Å². The number of halogens is 4. The third kappa shape index (κ3) is 4.66. The van der Waals surface area contributed by atoms with Crippen LogP contribution in [-0.2, 0) is 17.4 Å². The number of alkyl halides is 3. The maximum Gasteiger partial charge on any atom is 0.453 e. The number of aryl methyl sites for hydroxylation is 2. The van der Waals surface area contributed by atoms with Gasteiger partial charge >= 0.3 is 6.18 Å².